The lowest BCUT2D eigenvalue weighted by molar-refractivity contribution is 0.0654. The van der Waals surface area contributed by atoms with Gasteiger partial charge in [0.15, 0.2) is 12.1 Å². The van der Waals surface area contributed by atoms with E-state index in [4.69, 9.17) is 4.42 Å². The summed E-state index contributed by atoms with van der Waals surface area (Å²) in [4.78, 5) is 26.2. The Morgan fingerprint density at radius 3 is 3.14 bits per heavy atom. The highest BCUT2D eigenvalue weighted by Gasteiger charge is 2.38. The van der Waals surface area contributed by atoms with Gasteiger partial charge in [-0.25, -0.2) is 14.5 Å². The van der Waals surface area contributed by atoms with Crippen LogP contribution in [0.4, 0.5) is 0 Å². The van der Waals surface area contributed by atoms with Gasteiger partial charge >= 0.3 is 0 Å². The lowest BCUT2D eigenvalue weighted by Crippen LogP contribution is -2.41. The Morgan fingerprint density at radius 2 is 2.29 bits per heavy atom. The summed E-state index contributed by atoms with van der Waals surface area (Å²) in [6, 6.07) is 7.18. The molecule has 0 radical (unpaired) electrons. The molecule has 0 aromatic carbocycles. The molecule has 138 valence electrons. The van der Waals surface area contributed by atoms with Crippen molar-refractivity contribution >= 4 is 27.4 Å². The highest BCUT2D eigenvalue weighted by molar-refractivity contribution is 9.10. The molecule has 0 saturated heterocycles. The third-order valence-electron chi connectivity index (χ3n) is 4.78. The molecule has 10 heteroatoms. The van der Waals surface area contributed by atoms with Crippen molar-refractivity contribution in [3.05, 3.63) is 70.1 Å². The number of H-pyrrole nitrogens is 1. The van der Waals surface area contributed by atoms with E-state index in [1.807, 2.05) is 30.5 Å². The van der Waals surface area contributed by atoms with Gasteiger partial charge in [0.05, 0.1) is 23.2 Å². The number of nitrogens with zero attached hydrogens (tertiary/aromatic N) is 6. The first-order valence-electron chi connectivity index (χ1n) is 8.47. The predicted octanol–water partition coefficient (Wildman–Crippen LogP) is 2.47. The molecule has 0 bridgehead atoms. The van der Waals surface area contributed by atoms with E-state index in [0.29, 0.717) is 18.7 Å². The molecule has 4 aromatic heterocycles. The number of oxazole rings is 1. The van der Waals surface area contributed by atoms with Crippen LogP contribution in [-0.2, 0) is 6.42 Å². The first-order valence-corrected chi connectivity index (χ1v) is 9.26. The first kappa shape index (κ1) is 16.7. The van der Waals surface area contributed by atoms with Crippen molar-refractivity contribution in [3.8, 4) is 6.07 Å². The average Bonchev–Trinajstić information content (AvgIpc) is 3.43. The van der Waals surface area contributed by atoms with Gasteiger partial charge in [-0.2, -0.15) is 10.4 Å². The second-order valence-electron chi connectivity index (χ2n) is 6.35. The van der Waals surface area contributed by atoms with Crippen LogP contribution < -0.4 is 0 Å². The molecule has 1 atom stereocenters. The molecule has 1 aliphatic heterocycles. The van der Waals surface area contributed by atoms with Gasteiger partial charge in [-0.3, -0.25) is 4.79 Å². The highest BCUT2D eigenvalue weighted by atomic mass is 79.9. The van der Waals surface area contributed by atoms with E-state index in [9.17, 15) is 10.1 Å². The standard InChI is InChI=1S/C18H12BrN7O2/c19-10-1-2-11-5-13(24-26(11)7-10)16-15-12(21-8-22-15)3-4-25(16)18(27)17-14(6-20)23-9-28-17/h1-2,5,7-9,16H,3-4H2,(H,21,22)/t16-/m0/s1. The zero-order chi connectivity index (χ0) is 19.3. The third-order valence-corrected chi connectivity index (χ3v) is 5.25. The molecule has 28 heavy (non-hydrogen) atoms. The molecular weight excluding hydrogens is 426 g/mol. The van der Waals surface area contributed by atoms with E-state index in [1.165, 1.54) is 0 Å². The zero-order valence-corrected chi connectivity index (χ0v) is 15.9. The van der Waals surface area contributed by atoms with E-state index < -0.39 is 11.9 Å². The number of fused-ring (bicyclic) bond motifs is 2. The summed E-state index contributed by atoms with van der Waals surface area (Å²) in [5, 5.41) is 13.9. The number of halogens is 1. The molecule has 9 nitrogen and oxygen atoms in total. The van der Waals surface area contributed by atoms with Gasteiger partial charge in [0.1, 0.15) is 12.1 Å². The van der Waals surface area contributed by atoms with Gasteiger partial charge in [0.25, 0.3) is 5.91 Å². The Labute approximate surface area is 166 Å². The monoisotopic (exact) mass is 437 g/mol. The fourth-order valence-corrected chi connectivity index (χ4v) is 3.84. The Hall–Kier alpha value is -3.45. The van der Waals surface area contributed by atoms with Crippen LogP contribution in [0, 0.1) is 11.3 Å². The van der Waals surface area contributed by atoms with Crippen LogP contribution in [0.15, 0.2) is 46.0 Å². The molecule has 1 aliphatic rings. The fraction of sp³-hybridized carbons (Fsp3) is 0.167. The van der Waals surface area contributed by atoms with Gasteiger partial charge in [-0.15, -0.1) is 0 Å². The molecule has 4 aromatic rings. The minimum absolute atomic E-state index is 0.0319. The number of carbonyl (C=O) groups excluding carboxylic acids is 1. The number of imidazole rings is 1. The van der Waals surface area contributed by atoms with E-state index >= 15 is 0 Å². The quantitative estimate of drug-likeness (QED) is 0.514. The van der Waals surface area contributed by atoms with Crippen molar-refractivity contribution in [2.24, 2.45) is 0 Å². The smallest absolute Gasteiger partial charge is 0.293 e. The topological polar surface area (TPSA) is 116 Å². The van der Waals surface area contributed by atoms with Crippen molar-refractivity contribution < 1.29 is 9.21 Å². The molecule has 0 aliphatic carbocycles. The van der Waals surface area contributed by atoms with E-state index in [-0.39, 0.29) is 11.5 Å². The number of hydrogen-bond donors (Lipinski definition) is 1. The predicted molar refractivity (Wildman–Crippen MR) is 99.3 cm³/mol. The van der Waals surface area contributed by atoms with Gasteiger partial charge in [-0.1, -0.05) is 0 Å². The number of aromatic nitrogens is 5. The maximum Gasteiger partial charge on any atom is 0.293 e. The summed E-state index contributed by atoms with van der Waals surface area (Å²) in [5.41, 5.74) is 3.24. The summed E-state index contributed by atoms with van der Waals surface area (Å²) in [5.74, 6) is -0.482. The summed E-state index contributed by atoms with van der Waals surface area (Å²) in [7, 11) is 0. The number of hydrogen-bond acceptors (Lipinski definition) is 6. The number of amides is 1. The minimum atomic E-state index is -0.502. The van der Waals surface area contributed by atoms with Gasteiger partial charge in [0, 0.05) is 29.3 Å². The van der Waals surface area contributed by atoms with Gasteiger partial charge in [0.2, 0.25) is 5.76 Å². The maximum atomic E-state index is 13.2. The van der Waals surface area contributed by atoms with E-state index in [1.54, 1.807) is 15.7 Å². The molecule has 0 saturated carbocycles. The largest absolute Gasteiger partial charge is 0.437 e. The molecule has 0 spiro atoms. The van der Waals surface area contributed by atoms with Crippen LogP contribution in [0.25, 0.3) is 5.52 Å². The van der Waals surface area contributed by atoms with Crippen LogP contribution in [0.5, 0.6) is 0 Å². The van der Waals surface area contributed by atoms with Gasteiger partial charge < -0.3 is 14.3 Å². The second-order valence-corrected chi connectivity index (χ2v) is 7.26. The lowest BCUT2D eigenvalue weighted by Gasteiger charge is -2.33. The van der Waals surface area contributed by atoms with Crippen LogP contribution in [0.2, 0.25) is 0 Å². The molecule has 5 rings (SSSR count). The Balaban J connectivity index is 1.64. The number of rotatable bonds is 2. The Bertz CT molecular complexity index is 1250. The third kappa shape index (κ3) is 2.51. The van der Waals surface area contributed by atoms with Crippen molar-refractivity contribution in [2.75, 3.05) is 6.54 Å². The Morgan fingerprint density at radius 1 is 1.39 bits per heavy atom. The van der Waals surface area contributed by atoms with Crippen LogP contribution in [-0.4, -0.2) is 41.9 Å². The normalized spacial score (nSPS) is 16.1. The number of nitriles is 1. The molecule has 0 unspecified atom stereocenters. The SMILES string of the molecule is N#Cc1ncoc1C(=O)N1CCc2[nH]cnc2[C@@H]1c1cc2ccc(Br)cn2n1. The molecule has 5 heterocycles. The van der Waals surface area contributed by atoms with E-state index in [2.05, 4.69) is 36.0 Å². The highest BCUT2D eigenvalue weighted by Crippen LogP contribution is 2.34. The summed E-state index contributed by atoms with van der Waals surface area (Å²) in [6.45, 7) is 0.432. The van der Waals surface area contributed by atoms with Crippen molar-refractivity contribution in [3.63, 3.8) is 0 Å². The van der Waals surface area contributed by atoms with Crippen molar-refractivity contribution in [1.82, 2.24) is 29.5 Å². The summed E-state index contributed by atoms with van der Waals surface area (Å²) in [6.07, 6.45) is 5.19. The Kier molecular flexibility index (Phi) is 3.77. The van der Waals surface area contributed by atoms with Crippen LogP contribution in [0.3, 0.4) is 0 Å². The summed E-state index contributed by atoms with van der Waals surface area (Å²) < 4.78 is 7.86. The lowest BCUT2D eigenvalue weighted by atomic mass is 9.99. The van der Waals surface area contributed by atoms with Crippen LogP contribution in [0.1, 0.15) is 39.4 Å². The second kappa shape index (κ2) is 6.31. The van der Waals surface area contributed by atoms with Crippen molar-refractivity contribution in [1.29, 1.82) is 5.26 Å². The van der Waals surface area contributed by atoms with Crippen LogP contribution >= 0.6 is 15.9 Å². The number of pyridine rings is 1. The molecular formula is C18H12BrN7O2. The van der Waals surface area contributed by atoms with E-state index in [0.717, 1.165) is 27.8 Å². The molecule has 1 N–H and O–H groups in total. The van der Waals surface area contributed by atoms with Crippen molar-refractivity contribution in [2.45, 2.75) is 12.5 Å². The summed E-state index contributed by atoms with van der Waals surface area (Å²) >= 11 is 3.44. The fourth-order valence-electron chi connectivity index (χ4n) is 3.52. The zero-order valence-electron chi connectivity index (χ0n) is 14.3. The molecule has 0 fully saturated rings. The van der Waals surface area contributed by atoms with Gasteiger partial charge in [-0.05, 0) is 34.1 Å². The first-order chi connectivity index (χ1) is 13.7. The maximum absolute atomic E-state index is 13.2. The minimum Gasteiger partial charge on any atom is -0.437 e. The average molecular weight is 438 g/mol. The number of carbonyl (C=O) groups is 1. The number of aromatic amines is 1. The molecule has 1 amide bonds. The number of nitrogens with one attached hydrogen (secondary N) is 1.